The molecule has 0 radical (unpaired) electrons. The predicted molar refractivity (Wildman–Crippen MR) is 100 cm³/mol. The summed E-state index contributed by atoms with van der Waals surface area (Å²) in [6, 6.07) is 9.51. The van der Waals surface area contributed by atoms with Gasteiger partial charge in [-0.1, -0.05) is 32.9 Å². The summed E-state index contributed by atoms with van der Waals surface area (Å²) in [7, 11) is 1.64. The minimum absolute atomic E-state index is 0.0785. The smallest absolute Gasteiger partial charge is 0.274 e. The summed E-state index contributed by atoms with van der Waals surface area (Å²) in [6.07, 6.45) is 0. The van der Waals surface area contributed by atoms with Gasteiger partial charge in [0.25, 0.3) is 5.91 Å². The maximum absolute atomic E-state index is 12.5. The molecule has 0 aliphatic heterocycles. The SMILES string of the molecule is COCCNc1cc(C(=O)Nc2ccc(C(C)(C)C)cc2)nc(C)n1. The summed E-state index contributed by atoms with van der Waals surface area (Å²) >= 11 is 0. The molecule has 1 heterocycles. The van der Waals surface area contributed by atoms with Crippen LogP contribution in [0.3, 0.4) is 0 Å². The van der Waals surface area contributed by atoms with E-state index in [1.807, 2.05) is 24.3 Å². The quantitative estimate of drug-likeness (QED) is 0.787. The number of rotatable bonds is 6. The Morgan fingerprint density at radius 2 is 1.84 bits per heavy atom. The van der Waals surface area contributed by atoms with Crippen LogP contribution in [0.2, 0.25) is 0 Å². The number of carbonyl (C=O) groups is 1. The van der Waals surface area contributed by atoms with Crippen LogP contribution >= 0.6 is 0 Å². The zero-order valence-corrected chi connectivity index (χ0v) is 15.5. The fourth-order valence-corrected chi connectivity index (χ4v) is 2.30. The second kappa shape index (κ2) is 8.07. The fourth-order valence-electron chi connectivity index (χ4n) is 2.30. The van der Waals surface area contributed by atoms with Crippen molar-refractivity contribution in [1.29, 1.82) is 0 Å². The molecule has 134 valence electrons. The Morgan fingerprint density at radius 1 is 1.16 bits per heavy atom. The van der Waals surface area contributed by atoms with Crippen molar-refractivity contribution >= 4 is 17.4 Å². The molecule has 6 nitrogen and oxygen atoms in total. The van der Waals surface area contributed by atoms with Crippen LogP contribution in [0, 0.1) is 6.92 Å². The molecule has 6 heteroatoms. The maximum Gasteiger partial charge on any atom is 0.274 e. The number of methoxy groups -OCH3 is 1. The second-order valence-corrected chi connectivity index (χ2v) is 6.89. The molecule has 0 atom stereocenters. The van der Waals surface area contributed by atoms with Crippen LogP contribution in [0.5, 0.6) is 0 Å². The van der Waals surface area contributed by atoms with E-state index in [1.54, 1.807) is 20.1 Å². The lowest BCUT2D eigenvalue weighted by Crippen LogP contribution is -2.17. The van der Waals surface area contributed by atoms with Crippen LogP contribution < -0.4 is 10.6 Å². The lowest BCUT2D eigenvalue weighted by molar-refractivity contribution is 0.102. The number of hydrogen-bond donors (Lipinski definition) is 2. The molecule has 0 aliphatic rings. The zero-order valence-electron chi connectivity index (χ0n) is 15.5. The number of ether oxygens (including phenoxy) is 1. The largest absolute Gasteiger partial charge is 0.383 e. The first-order valence-electron chi connectivity index (χ1n) is 8.30. The third-order valence-electron chi connectivity index (χ3n) is 3.69. The number of nitrogens with zero attached hydrogens (tertiary/aromatic N) is 2. The Balaban J connectivity index is 2.09. The first kappa shape index (κ1) is 18.9. The molecule has 1 aromatic carbocycles. The third-order valence-corrected chi connectivity index (χ3v) is 3.69. The van der Waals surface area contributed by atoms with E-state index in [-0.39, 0.29) is 11.3 Å². The number of nitrogens with one attached hydrogen (secondary N) is 2. The molecule has 0 spiro atoms. The lowest BCUT2D eigenvalue weighted by atomic mass is 9.87. The van der Waals surface area contributed by atoms with Crippen LogP contribution in [-0.4, -0.2) is 36.1 Å². The van der Waals surface area contributed by atoms with E-state index in [0.29, 0.717) is 30.5 Å². The van der Waals surface area contributed by atoms with Crippen molar-refractivity contribution in [3.05, 3.63) is 47.4 Å². The monoisotopic (exact) mass is 342 g/mol. The minimum Gasteiger partial charge on any atom is -0.383 e. The van der Waals surface area contributed by atoms with Crippen molar-refractivity contribution in [3.8, 4) is 0 Å². The highest BCUT2D eigenvalue weighted by atomic mass is 16.5. The van der Waals surface area contributed by atoms with Crippen molar-refractivity contribution in [2.75, 3.05) is 30.9 Å². The Bertz CT molecular complexity index is 721. The highest BCUT2D eigenvalue weighted by Crippen LogP contribution is 2.23. The van der Waals surface area contributed by atoms with E-state index < -0.39 is 0 Å². The van der Waals surface area contributed by atoms with Gasteiger partial charge in [-0.25, -0.2) is 9.97 Å². The average molecular weight is 342 g/mol. The van der Waals surface area contributed by atoms with Crippen molar-refractivity contribution in [2.24, 2.45) is 0 Å². The second-order valence-electron chi connectivity index (χ2n) is 6.89. The molecular weight excluding hydrogens is 316 g/mol. The highest BCUT2D eigenvalue weighted by Gasteiger charge is 2.14. The standard InChI is InChI=1S/C19H26N4O2/c1-13-21-16(12-17(22-13)20-10-11-25-5)18(24)23-15-8-6-14(7-9-15)19(2,3)4/h6-9,12H,10-11H2,1-5H3,(H,23,24)(H,20,21,22). The Labute approximate surface area is 149 Å². The van der Waals surface area contributed by atoms with Gasteiger partial charge in [-0.15, -0.1) is 0 Å². The van der Waals surface area contributed by atoms with Crippen LogP contribution in [0.1, 0.15) is 42.6 Å². The summed E-state index contributed by atoms with van der Waals surface area (Å²) in [5.74, 6) is 0.886. The molecule has 0 aliphatic carbocycles. The molecule has 0 unspecified atom stereocenters. The van der Waals surface area contributed by atoms with Gasteiger partial charge in [0.2, 0.25) is 0 Å². The first-order chi connectivity index (χ1) is 11.8. The van der Waals surface area contributed by atoms with E-state index in [4.69, 9.17) is 4.74 Å². The summed E-state index contributed by atoms with van der Waals surface area (Å²) in [4.78, 5) is 21.0. The van der Waals surface area contributed by atoms with Gasteiger partial charge < -0.3 is 15.4 Å². The summed E-state index contributed by atoms with van der Waals surface area (Å²) < 4.78 is 5.00. The normalized spacial score (nSPS) is 11.2. The van der Waals surface area contributed by atoms with Crippen molar-refractivity contribution in [1.82, 2.24) is 9.97 Å². The van der Waals surface area contributed by atoms with E-state index >= 15 is 0 Å². The van der Waals surface area contributed by atoms with Gasteiger partial charge in [-0.05, 0) is 30.0 Å². The van der Waals surface area contributed by atoms with Gasteiger partial charge in [0.05, 0.1) is 6.61 Å². The molecule has 1 amide bonds. The van der Waals surface area contributed by atoms with Crippen molar-refractivity contribution in [3.63, 3.8) is 0 Å². The Morgan fingerprint density at radius 3 is 2.44 bits per heavy atom. The fraction of sp³-hybridized carbons (Fsp3) is 0.421. The minimum atomic E-state index is -0.260. The van der Waals surface area contributed by atoms with E-state index in [9.17, 15) is 4.79 Å². The van der Waals surface area contributed by atoms with Gasteiger partial charge in [-0.3, -0.25) is 4.79 Å². The van der Waals surface area contributed by atoms with Crippen LogP contribution in [0.15, 0.2) is 30.3 Å². The molecule has 2 rings (SSSR count). The third kappa shape index (κ3) is 5.53. The molecule has 0 bridgehead atoms. The number of hydrogen-bond acceptors (Lipinski definition) is 5. The molecular formula is C19H26N4O2. The topological polar surface area (TPSA) is 76.1 Å². The first-order valence-corrected chi connectivity index (χ1v) is 8.30. The summed E-state index contributed by atoms with van der Waals surface area (Å²) in [6.45, 7) is 9.40. The van der Waals surface area contributed by atoms with Crippen molar-refractivity contribution in [2.45, 2.75) is 33.1 Å². The van der Waals surface area contributed by atoms with Gasteiger partial charge in [0.1, 0.15) is 17.3 Å². The molecule has 1 aromatic heterocycles. The van der Waals surface area contributed by atoms with E-state index in [0.717, 1.165) is 5.69 Å². The molecule has 0 fully saturated rings. The predicted octanol–water partition coefficient (Wildman–Crippen LogP) is 3.39. The number of anilines is 2. The average Bonchev–Trinajstić information content (AvgIpc) is 2.54. The van der Waals surface area contributed by atoms with E-state index in [2.05, 4.69) is 41.4 Å². The maximum atomic E-state index is 12.5. The van der Waals surface area contributed by atoms with E-state index in [1.165, 1.54) is 5.56 Å². The summed E-state index contributed by atoms with van der Waals surface area (Å²) in [5.41, 5.74) is 2.36. The molecule has 0 saturated carbocycles. The van der Waals surface area contributed by atoms with Gasteiger partial charge in [-0.2, -0.15) is 0 Å². The molecule has 2 aromatic rings. The Kier molecular flexibility index (Phi) is 6.09. The summed E-state index contributed by atoms with van der Waals surface area (Å²) in [5, 5.41) is 5.99. The number of carbonyl (C=O) groups excluding carboxylic acids is 1. The van der Waals surface area contributed by atoms with Crippen LogP contribution in [0.25, 0.3) is 0 Å². The lowest BCUT2D eigenvalue weighted by Gasteiger charge is -2.19. The highest BCUT2D eigenvalue weighted by molar-refractivity contribution is 6.03. The van der Waals surface area contributed by atoms with Crippen LogP contribution in [-0.2, 0) is 10.2 Å². The van der Waals surface area contributed by atoms with Gasteiger partial charge in [0.15, 0.2) is 0 Å². The molecule has 25 heavy (non-hydrogen) atoms. The number of aryl methyl sites for hydroxylation is 1. The molecule has 0 saturated heterocycles. The van der Waals surface area contributed by atoms with Crippen molar-refractivity contribution < 1.29 is 9.53 Å². The van der Waals surface area contributed by atoms with Gasteiger partial charge in [0, 0.05) is 25.4 Å². The zero-order chi connectivity index (χ0) is 18.4. The number of benzene rings is 1. The molecule has 2 N–H and O–H groups in total. The van der Waals surface area contributed by atoms with Gasteiger partial charge >= 0.3 is 0 Å². The van der Waals surface area contributed by atoms with Crippen LogP contribution in [0.4, 0.5) is 11.5 Å². The number of amides is 1. The Hall–Kier alpha value is -2.47. The number of aromatic nitrogens is 2.